The maximum absolute atomic E-state index is 5.57. The predicted molar refractivity (Wildman–Crippen MR) is 53.8 cm³/mol. The Hall–Kier alpha value is -0.800. The van der Waals surface area contributed by atoms with Crippen LogP contribution in [0.5, 0.6) is 0 Å². The topological polar surface area (TPSA) is 48.4 Å². The SMILES string of the molecule is NCc1ccc(CC2CCOCC2)o1. The summed E-state index contributed by atoms with van der Waals surface area (Å²) in [6.07, 6.45) is 3.33. The zero-order valence-corrected chi connectivity index (χ0v) is 8.37. The number of nitrogens with two attached hydrogens (primary N) is 1. The Morgan fingerprint density at radius 3 is 2.57 bits per heavy atom. The van der Waals surface area contributed by atoms with Gasteiger partial charge in [0.25, 0.3) is 0 Å². The van der Waals surface area contributed by atoms with Crippen LogP contribution in [-0.4, -0.2) is 13.2 Å². The van der Waals surface area contributed by atoms with Crippen molar-refractivity contribution in [1.29, 1.82) is 0 Å². The first-order valence-corrected chi connectivity index (χ1v) is 5.24. The van der Waals surface area contributed by atoms with Gasteiger partial charge in [0.05, 0.1) is 6.54 Å². The first-order valence-electron chi connectivity index (χ1n) is 5.24. The van der Waals surface area contributed by atoms with Gasteiger partial charge in [0.15, 0.2) is 0 Å². The van der Waals surface area contributed by atoms with E-state index in [1.54, 1.807) is 0 Å². The van der Waals surface area contributed by atoms with Crippen molar-refractivity contribution >= 4 is 0 Å². The van der Waals surface area contributed by atoms with Crippen molar-refractivity contribution in [2.75, 3.05) is 13.2 Å². The van der Waals surface area contributed by atoms with Crippen LogP contribution in [-0.2, 0) is 17.7 Å². The van der Waals surface area contributed by atoms with Gasteiger partial charge in [-0.25, -0.2) is 0 Å². The van der Waals surface area contributed by atoms with Gasteiger partial charge in [-0.1, -0.05) is 0 Å². The van der Waals surface area contributed by atoms with E-state index in [1.807, 2.05) is 12.1 Å². The first-order chi connectivity index (χ1) is 6.88. The molecule has 0 unspecified atom stereocenters. The van der Waals surface area contributed by atoms with Gasteiger partial charge < -0.3 is 14.9 Å². The van der Waals surface area contributed by atoms with E-state index in [2.05, 4.69) is 0 Å². The number of furan rings is 1. The third kappa shape index (κ3) is 2.36. The first kappa shape index (κ1) is 9.74. The van der Waals surface area contributed by atoms with Crippen LogP contribution >= 0.6 is 0 Å². The van der Waals surface area contributed by atoms with Gasteiger partial charge in [-0.15, -0.1) is 0 Å². The molecular formula is C11H17NO2. The molecule has 2 heterocycles. The lowest BCUT2D eigenvalue weighted by Crippen LogP contribution is -2.17. The Kier molecular flexibility index (Phi) is 3.22. The molecular weight excluding hydrogens is 178 g/mol. The zero-order chi connectivity index (χ0) is 9.80. The second-order valence-electron chi connectivity index (χ2n) is 3.83. The molecule has 2 rings (SSSR count). The van der Waals surface area contributed by atoms with Gasteiger partial charge in [0, 0.05) is 19.6 Å². The lowest BCUT2D eigenvalue weighted by atomic mass is 9.95. The summed E-state index contributed by atoms with van der Waals surface area (Å²) < 4.78 is 10.9. The number of rotatable bonds is 3. The third-order valence-corrected chi connectivity index (χ3v) is 2.75. The van der Waals surface area contributed by atoms with Crippen molar-refractivity contribution in [1.82, 2.24) is 0 Å². The molecule has 0 atom stereocenters. The predicted octanol–water partition coefficient (Wildman–Crippen LogP) is 1.71. The van der Waals surface area contributed by atoms with E-state index in [4.69, 9.17) is 14.9 Å². The Bertz CT molecular complexity index is 277. The van der Waals surface area contributed by atoms with Crippen LogP contribution in [0.1, 0.15) is 24.4 Å². The van der Waals surface area contributed by atoms with Crippen molar-refractivity contribution in [3.63, 3.8) is 0 Å². The summed E-state index contributed by atoms with van der Waals surface area (Å²) >= 11 is 0. The summed E-state index contributed by atoms with van der Waals surface area (Å²) in [5.74, 6) is 2.67. The van der Waals surface area contributed by atoms with E-state index in [0.717, 1.165) is 49.9 Å². The molecule has 3 heteroatoms. The highest BCUT2D eigenvalue weighted by Crippen LogP contribution is 2.21. The fourth-order valence-electron chi connectivity index (χ4n) is 1.88. The normalized spacial score (nSPS) is 18.6. The lowest BCUT2D eigenvalue weighted by molar-refractivity contribution is 0.0650. The summed E-state index contributed by atoms with van der Waals surface area (Å²) in [4.78, 5) is 0. The summed E-state index contributed by atoms with van der Waals surface area (Å²) in [7, 11) is 0. The molecule has 1 aromatic rings. The van der Waals surface area contributed by atoms with Gasteiger partial charge in [0.1, 0.15) is 11.5 Å². The summed E-state index contributed by atoms with van der Waals surface area (Å²) in [6.45, 7) is 2.29. The standard InChI is InChI=1S/C11H17NO2/c12-8-11-2-1-10(14-11)7-9-3-5-13-6-4-9/h1-2,9H,3-8,12H2. The number of ether oxygens (including phenoxy) is 1. The molecule has 2 N–H and O–H groups in total. The molecule has 1 fully saturated rings. The highest BCUT2D eigenvalue weighted by molar-refractivity contribution is 5.07. The fourth-order valence-corrected chi connectivity index (χ4v) is 1.88. The molecule has 0 saturated carbocycles. The largest absolute Gasteiger partial charge is 0.465 e. The number of hydrogen-bond donors (Lipinski definition) is 1. The fraction of sp³-hybridized carbons (Fsp3) is 0.636. The summed E-state index contributed by atoms with van der Waals surface area (Å²) in [6, 6.07) is 4.01. The summed E-state index contributed by atoms with van der Waals surface area (Å²) in [5, 5.41) is 0. The van der Waals surface area contributed by atoms with E-state index in [1.165, 1.54) is 0 Å². The smallest absolute Gasteiger partial charge is 0.117 e. The average Bonchev–Trinajstić information content (AvgIpc) is 2.67. The lowest BCUT2D eigenvalue weighted by Gasteiger charge is -2.20. The van der Waals surface area contributed by atoms with Gasteiger partial charge in [-0.05, 0) is 30.9 Å². The Balaban J connectivity index is 1.89. The molecule has 0 spiro atoms. The van der Waals surface area contributed by atoms with Crippen LogP contribution in [0, 0.1) is 5.92 Å². The monoisotopic (exact) mass is 195 g/mol. The third-order valence-electron chi connectivity index (χ3n) is 2.75. The van der Waals surface area contributed by atoms with E-state index in [9.17, 15) is 0 Å². The quantitative estimate of drug-likeness (QED) is 0.798. The minimum Gasteiger partial charge on any atom is -0.465 e. The van der Waals surface area contributed by atoms with E-state index < -0.39 is 0 Å². The number of hydrogen-bond acceptors (Lipinski definition) is 3. The van der Waals surface area contributed by atoms with Crippen molar-refractivity contribution < 1.29 is 9.15 Å². The van der Waals surface area contributed by atoms with Gasteiger partial charge in [0.2, 0.25) is 0 Å². The molecule has 1 aliphatic heterocycles. The highest BCUT2D eigenvalue weighted by atomic mass is 16.5. The molecule has 14 heavy (non-hydrogen) atoms. The molecule has 0 aliphatic carbocycles. The van der Waals surface area contributed by atoms with E-state index >= 15 is 0 Å². The maximum Gasteiger partial charge on any atom is 0.117 e. The van der Waals surface area contributed by atoms with Gasteiger partial charge in [-0.2, -0.15) is 0 Å². The van der Waals surface area contributed by atoms with Crippen LogP contribution in [0.3, 0.4) is 0 Å². The molecule has 78 valence electrons. The Morgan fingerprint density at radius 1 is 1.21 bits per heavy atom. The molecule has 0 bridgehead atoms. The van der Waals surface area contributed by atoms with E-state index in [-0.39, 0.29) is 0 Å². The Morgan fingerprint density at radius 2 is 1.93 bits per heavy atom. The molecule has 1 saturated heterocycles. The van der Waals surface area contributed by atoms with Crippen molar-refractivity contribution in [2.24, 2.45) is 11.7 Å². The van der Waals surface area contributed by atoms with Gasteiger partial charge in [-0.3, -0.25) is 0 Å². The summed E-state index contributed by atoms with van der Waals surface area (Å²) in [5.41, 5.74) is 5.48. The van der Waals surface area contributed by atoms with Crippen LogP contribution in [0.2, 0.25) is 0 Å². The van der Waals surface area contributed by atoms with Crippen LogP contribution in [0.15, 0.2) is 16.5 Å². The van der Waals surface area contributed by atoms with Crippen molar-refractivity contribution in [3.8, 4) is 0 Å². The molecule has 0 aromatic carbocycles. The van der Waals surface area contributed by atoms with Crippen LogP contribution in [0.4, 0.5) is 0 Å². The molecule has 1 aliphatic rings. The van der Waals surface area contributed by atoms with Crippen LogP contribution in [0.25, 0.3) is 0 Å². The molecule has 3 nitrogen and oxygen atoms in total. The second-order valence-corrected chi connectivity index (χ2v) is 3.83. The Labute approximate surface area is 84.2 Å². The van der Waals surface area contributed by atoms with Crippen molar-refractivity contribution in [3.05, 3.63) is 23.7 Å². The minimum atomic E-state index is 0.494. The zero-order valence-electron chi connectivity index (χ0n) is 8.37. The molecule has 0 amide bonds. The molecule has 1 aromatic heterocycles. The van der Waals surface area contributed by atoms with Crippen LogP contribution < -0.4 is 5.73 Å². The van der Waals surface area contributed by atoms with Gasteiger partial charge >= 0.3 is 0 Å². The minimum absolute atomic E-state index is 0.494. The highest BCUT2D eigenvalue weighted by Gasteiger charge is 2.15. The van der Waals surface area contributed by atoms with Crippen molar-refractivity contribution in [2.45, 2.75) is 25.8 Å². The van der Waals surface area contributed by atoms with E-state index in [0.29, 0.717) is 6.54 Å². The maximum atomic E-state index is 5.57. The molecule has 0 radical (unpaired) electrons. The average molecular weight is 195 g/mol. The second kappa shape index (κ2) is 4.62.